The van der Waals surface area contributed by atoms with Crippen molar-refractivity contribution in [2.24, 2.45) is 0 Å². The summed E-state index contributed by atoms with van der Waals surface area (Å²) in [6.45, 7) is 2.21. The van der Waals surface area contributed by atoms with Gasteiger partial charge in [-0.15, -0.1) is 0 Å². The third-order valence-electron chi connectivity index (χ3n) is 3.27. The zero-order valence-corrected chi connectivity index (χ0v) is 10.1. The molecule has 2 heteroatoms. The van der Waals surface area contributed by atoms with Gasteiger partial charge in [0.2, 0.25) is 0 Å². The Bertz CT molecular complexity index is 652. The number of unbranched alkanes of at least 4 members (excludes halogenated alkanes) is 1. The maximum atomic E-state index is 4.55. The molecule has 86 valence electrons. The summed E-state index contributed by atoms with van der Waals surface area (Å²) in [6, 6.07) is 10.6. The van der Waals surface area contributed by atoms with Crippen LogP contribution in [-0.4, -0.2) is 9.38 Å². The third kappa shape index (κ3) is 1.70. The van der Waals surface area contributed by atoms with E-state index in [1.807, 2.05) is 6.20 Å². The van der Waals surface area contributed by atoms with Gasteiger partial charge in [-0.05, 0) is 17.9 Å². The highest BCUT2D eigenvalue weighted by molar-refractivity contribution is 5.95. The molecule has 2 heterocycles. The van der Waals surface area contributed by atoms with Gasteiger partial charge in [-0.25, -0.2) is 4.98 Å². The van der Waals surface area contributed by atoms with E-state index in [0.717, 1.165) is 6.42 Å². The first kappa shape index (κ1) is 10.3. The normalized spacial score (nSPS) is 11.4. The second-order valence-electron chi connectivity index (χ2n) is 4.44. The maximum absolute atomic E-state index is 4.55. The smallest absolute Gasteiger partial charge is 0.113 e. The number of aryl methyl sites for hydroxylation is 1. The molecule has 1 aromatic carbocycles. The lowest BCUT2D eigenvalue weighted by Crippen LogP contribution is -1.94. The topological polar surface area (TPSA) is 17.3 Å². The molecule has 0 unspecified atom stereocenters. The number of aromatic nitrogens is 2. The number of fused-ring (bicyclic) bond motifs is 3. The van der Waals surface area contributed by atoms with Gasteiger partial charge in [0.1, 0.15) is 5.82 Å². The molecule has 2 aromatic heterocycles. The van der Waals surface area contributed by atoms with E-state index in [4.69, 9.17) is 0 Å². The van der Waals surface area contributed by atoms with E-state index < -0.39 is 0 Å². The summed E-state index contributed by atoms with van der Waals surface area (Å²) in [5.41, 5.74) is 1.22. The van der Waals surface area contributed by atoms with Crippen molar-refractivity contribution >= 4 is 16.3 Å². The molecule has 0 saturated carbocycles. The van der Waals surface area contributed by atoms with Crippen LogP contribution in [0.2, 0.25) is 0 Å². The molecule has 3 aromatic rings. The fourth-order valence-electron chi connectivity index (χ4n) is 2.32. The summed E-state index contributed by atoms with van der Waals surface area (Å²) in [5.74, 6) is 1.17. The van der Waals surface area contributed by atoms with E-state index in [0.29, 0.717) is 0 Å². The molecule has 0 aliphatic rings. The predicted octanol–water partition coefficient (Wildman–Crippen LogP) is 3.83. The summed E-state index contributed by atoms with van der Waals surface area (Å²) >= 11 is 0. The van der Waals surface area contributed by atoms with E-state index in [1.54, 1.807) is 0 Å². The SMILES string of the molecule is CCCCc1ncc2c3ccccc3ccn12. The van der Waals surface area contributed by atoms with E-state index in [9.17, 15) is 0 Å². The Balaban J connectivity index is 2.20. The van der Waals surface area contributed by atoms with Gasteiger partial charge >= 0.3 is 0 Å². The first-order chi connectivity index (χ1) is 8.40. The van der Waals surface area contributed by atoms with E-state index in [2.05, 4.69) is 52.8 Å². The van der Waals surface area contributed by atoms with Crippen molar-refractivity contribution in [3.63, 3.8) is 0 Å². The van der Waals surface area contributed by atoms with Crippen LogP contribution in [0.25, 0.3) is 16.3 Å². The lowest BCUT2D eigenvalue weighted by molar-refractivity contribution is 0.750. The van der Waals surface area contributed by atoms with Gasteiger partial charge in [-0.2, -0.15) is 0 Å². The van der Waals surface area contributed by atoms with E-state index >= 15 is 0 Å². The zero-order valence-electron chi connectivity index (χ0n) is 10.1. The lowest BCUT2D eigenvalue weighted by Gasteiger charge is -2.03. The molecular weight excluding hydrogens is 208 g/mol. The van der Waals surface area contributed by atoms with Gasteiger partial charge in [0, 0.05) is 18.0 Å². The molecule has 0 atom stereocenters. The van der Waals surface area contributed by atoms with Crippen LogP contribution >= 0.6 is 0 Å². The van der Waals surface area contributed by atoms with Crippen LogP contribution in [0.15, 0.2) is 42.7 Å². The summed E-state index contributed by atoms with van der Waals surface area (Å²) in [5, 5.41) is 2.56. The molecule has 0 radical (unpaired) electrons. The Morgan fingerprint density at radius 3 is 2.94 bits per heavy atom. The van der Waals surface area contributed by atoms with Crippen molar-refractivity contribution in [3.05, 3.63) is 48.5 Å². The fourth-order valence-corrected chi connectivity index (χ4v) is 2.32. The minimum Gasteiger partial charge on any atom is -0.303 e. The van der Waals surface area contributed by atoms with Gasteiger partial charge in [0.15, 0.2) is 0 Å². The number of hydrogen-bond donors (Lipinski definition) is 0. The van der Waals surface area contributed by atoms with Gasteiger partial charge in [0.05, 0.1) is 11.7 Å². The second-order valence-corrected chi connectivity index (χ2v) is 4.44. The average molecular weight is 224 g/mol. The quantitative estimate of drug-likeness (QED) is 0.661. The van der Waals surface area contributed by atoms with Crippen molar-refractivity contribution in [1.82, 2.24) is 9.38 Å². The molecule has 0 fully saturated rings. The van der Waals surface area contributed by atoms with Gasteiger partial charge in [-0.3, -0.25) is 0 Å². The Morgan fingerprint density at radius 2 is 2.06 bits per heavy atom. The molecule has 0 N–H and O–H groups in total. The average Bonchev–Trinajstić information content (AvgIpc) is 2.80. The summed E-state index contributed by atoms with van der Waals surface area (Å²) < 4.78 is 2.22. The number of rotatable bonds is 3. The second kappa shape index (κ2) is 4.21. The minimum absolute atomic E-state index is 1.06. The summed E-state index contributed by atoms with van der Waals surface area (Å²) in [7, 11) is 0. The van der Waals surface area contributed by atoms with Crippen molar-refractivity contribution in [2.45, 2.75) is 26.2 Å². The Kier molecular flexibility index (Phi) is 2.56. The van der Waals surface area contributed by atoms with E-state index in [-0.39, 0.29) is 0 Å². The Hall–Kier alpha value is -1.83. The number of benzene rings is 1. The summed E-state index contributed by atoms with van der Waals surface area (Å²) in [6.07, 6.45) is 7.60. The molecule has 17 heavy (non-hydrogen) atoms. The molecular formula is C15H16N2. The molecule has 0 saturated heterocycles. The number of imidazole rings is 1. The van der Waals surface area contributed by atoms with Crippen molar-refractivity contribution in [2.75, 3.05) is 0 Å². The van der Waals surface area contributed by atoms with Crippen LogP contribution in [0.4, 0.5) is 0 Å². The van der Waals surface area contributed by atoms with Crippen LogP contribution in [0.3, 0.4) is 0 Å². The first-order valence-corrected chi connectivity index (χ1v) is 6.24. The molecule has 0 aliphatic carbocycles. The van der Waals surface area contributed by atoms with Crippen molar-refractivity contribution in [3.8, 4) is 0 Å². The molecule has 0 bridgehead atoms. The molecule has 2 nitrogen and oxygen atoms in total. The highest BCUT2D eigenvalue weighted by atomic mass is 15.0. The van der Waals surface area contributed by atoms with Crippen LogP contribution in [0.5, 0.6) is 0 Å². The monoisotopic (exact) mass is 224 g/mol. The lowest BCUT2D eigenvalue weighted by atomic mass is 10.1. The fraction of sp³-hybridized carbons (Fsp3) is 0.267. The van der Waals surface area contributed by atoms with Crippen LogP contribution in [0.1, 0.15) is 25.6 Å². The predicted molar refractivity (Wildman–Crippen MR) is 71.3 cm³/mol. The van der Waals surface area contributed by atoms with Gasteiger partial charge in [-0.1, -0.05) is 37.6 Å². The third-order valence-corrected chi connectivity index (χ3v) is 3.27. The number of hydrogen-bond acceptors (Lipinski definition) is 1. The zero-order chi connectivity index (χ0) is 11.7. The molecule has 0 spiro atoms. The van der Waals surface area contributed by atoms with Gasteiger partial charge in [0.25, 0.3) is 0 Å². The number of pyridine rings is 1. The molecule has 0 aliphatic heterocycles. The van der Waals surface area contributed by atoms with Crippen molar-refractivity contribution < 1.29 is 0 Å². The highest BCUT2D eigenvalue weighted by Gasteiger charge is 2.05. The van der Waals surface area contributed by atoms with Gasteiger partial charge < -0.3 is 4.40 Å². The minimum atomic E-state index is 1.06. The Labute approximate surface area is 101 Å². The first-order valence-electron chi connectivity index (χ1n) is 6.24. The number of nitrogens with zero attached hydrogens (tertiary/aromatic N) is 2. The van der Waals surface area contributed by atoms with Crippen LogP contribution < -0.4 is 0 Å². The molecule has 3 rings (SSSR count). The highest BCUT2D eigenvalue weighted by Crippen LogP contribution is 2.21. The van der Waals surface area contributed by atoms with E-state index in [1.165, 1.54) is 35.0 Å². The largest absolute Gasteiger partial charge is 0.303 e. The maximum Gasteiger partial charge on any atom is 0.113 e. The van der Waals surface area contributed by atoms with Crippen LogP contribution in [-0.2, 0) is 6.42 Å². The Morgan fingerprint density at radius 1 is 1.18 bits per heavy atom. The van der Waals surface area contributed by atoms with Crippen molar-refractivity contribution in [1.29, 1.82) is 0 Å². The standard InChI is InChI=1S/C15H16N2/c1-2-3-8-15-16-11-14-13-7-5-4-6-12(13)9-10-17(14)15/h4-7,9-11H,2-3,8H2,1H3. The van der Waals surface area contributed by atoms with Crippen LogP contribution in [0, 0.1) is 0 Å². The molecule has 0 amide bonds. The summed E-state index contributed by atoms with van der Waals surface area (Å²) in [4.78, 5) is 4.55.